The minimum absolute atomic E-state index is 0.235. The molecular formula is C19H16N4O3. The molecule has 0 aliphatic carbocycles. The van der Waals surface area contributed by atoms with Gasteiger partial charge in [-0.3, -0.25) is 19.1 Å². The molecule has 0 saturated heterocycles. The van der Waals surface area contributed by atoms with Crippen molar-refractivity contribution in [2.45, 2.75) is 13.0 Å². The number of benzene rings is 2. The molecule has 0 saturated carbocycles. The average Bonchev–Trinajstić information content (AvgIpc) is 3.14. The van der Waals surface area contributed by atoms with Crippen LogP contribution in [0.15, 0.2) is 48.5 Å². The van der Waals surface area contributed by atoms with Crippen LogP contribution < -0.4 is 10.6 Å². The van der Waals surface area contributed by atoms with Gasteiger partial charge in [0.05, 0.1) is 16.8 Å². The number of para-hydroxylation sites is 2. The summed E-state index contributed by atoms with van der Waals surface area (Å²) in [6.45, 7) is 0.885. The first kappa shape index (κ1) is 16.0. The van der Waals surface area contributed by atoms with Crippen LogP contribution in [0, 0.1) is 0 Å². The van der Waals surface area contributed by atoms with Gasteiger partial charge < -0.3 is 10.6 Å². The van der Waals surface area contributed by atoms with E-state index in [9.17, 15) is 14.4 Å². The van der Waals surface area contributed by atoms with Crippen molar-refractivity contribution in [1.29, 1.82) is 0 Å². The summed E-state index contributed by atoms with van der Waals surface area (Å²) in [5.41, 5.74) is 7.53. The molecule has 0 atom stereocenters. The van der Waals surface area contributed by atoms with Crippen molar-refractivity contribution in [2.75, 3.05) is 11.4 Å². The highest BCUT2D eigenvalue weighted by atomic mass is 16.2. The van der Waals surface area contributed by atoms with Gasteiger partial charge in [-0.25, -0.2) is 0 Å². The molecule has 1 aliphatic heterocycles. The van der Waals surface area contributed by atoms with E-state index in [1.807, 2.05) is 18.2 Å². The van der Waals surface area contributed by atoms with Crippen LogP contribution >= 0.6 is 0 Å². The zero-order chi connectivity index (χ0) is 18.3. The van der Waals surface area contributed by atoms with Crippen LogP contribution in [0.5, 0.6) is 0 Å². The second-order valence-corrected chi connectivity index (χ2v) is 6.11. The van der Waals surface area contributed by atoms with Crippen molar-refractivity contribution in [2.24, 2.45) is 5.73 Å². The first-order valence-corrected chi connectivity index (χ1v) is 8.28. The Kier molecular flexibility index (Phi) is 3.76. The molecule has 2 N–H and O–H groups in total. The van der Waals surface area contributed by atoms with Gasteiger partial charge in [0, 0.05) is 18.5 Å². The Morgan fingerprint density at radius 1 is 1.00 bits per heavy atom. The lowest BCUT2D eigenvalue weighted by Gasteiger charge is -2.16. The van der Waals surface area contributed by atoms with Crippen molar-refractivity contribution in [3.63, 3.8) is 0 Å². The highest BCUT2D eigenvalue weighted by Gasteiger charge is 2.34. The first-order valence-electron chi connectivity index (χ1n) is 8.28. The van der Waals surface area contributed by atoms with Gasteiger partial charge in [-0.15, -0.1) is 0 Å². The summed E-state index contributed by atoms with van der Waals surface area (Å²) in [5, 5.41) is 5.01. The molecule has 130 valence electrons. The Morgan fingerprint density at radius 2 is 1.73 bits per heavy atom. The molecule has 2 heterocycles. The molecule has 2 amide bonds. The van der Waals surface area contributed by atoms with Gasteiger partial charge in [-0.1, -0.05) is 30.3 Å². The van der Waals surface area contributed by atoms with Crippen molar-refractivity contribution >= 4 is 34.2 Å². The molecule has 7 heteroatoms. The van der Waals surface area contributed by atoms with E-state index in [1.54, 1.807) is 35.0 Å². The van der Waals surface area contributed by atoms with Gasteiger partial charge in [-0.05, 0) is 24.6 Å². The summed E-state index contributed by atoms with van der Waals surface area (Å²) >= 11 is 0. The highest BCUT2D eigenvalue weighted by Crippen LogP contribution is 2.28. The van der Waals surface area contributed by atoms with E-state index in [0.29, 0.717) is 36.1 Å². The van der Waals surface area contributed by atoms with E-state index in [1.165, 1.54) is 4.90 Å². The molecule has 2 aromatic carbocycles. The van der Waals surface area contributed by atoms with Gasteiger partial charge >= 0.3 is 0 Å². The van der Waals surface area contributed by atoms with Crippen LogP contribution in [0.3, 0.4) is 0 Å². The van der Waals surface area contributed by atoms with E-state index in [2.05, 4.69) is 5.10 Å². The summed E-state index contributed by atoms with van der Waals surface area (Å²) in [5.74, 6) is -1.55. The molecule has 1 aromatic heterocycles. The van der Waals surface area contributed by atoms with E-state index in [4.69, 9.17) is 5.73 Å². The zero-order valence-electron chi connectivity index (χ0n) is 13.9. The predicted octanol–water partition coefficient (Wildman–Crippen LogP) is 1.75. The van der Waals surface area contributed by atoms with Crippen LogP contribution in [-0.2, 0) is 11.3 Å². The van der Waals surface area contributed by atoms with E-state index in [-0.39, 0.29) is 5.69 Å². The van der Waals surface area contributed by atoms with E-state index in [0.717, 1.165) is 5.52 Å². The highest BCUT2D eigenvalue weighted by molar-refractivity contribution is 6.52. The smallest absolute Gasteiger partial charge is 0.299 e. The third-order valence-corrected chi connectivity index (χ3v) is 4.52. The zero-order valence-corrected chi connectivity index (χ0v) is 13.9. The van der Waals surface area contributed by atoms with Crippen molar-refractivity contribution in [3.05, 3.63) is 59.8 Å². The number of carbonyl (C=O) groups is 3. The minimum Gasteiger partial charge on any atom is -0.364 e. The van der Waals surface area contributed by atoms with E-state index < -0.39 is 17.6 Å². The summed E-state index contributed by atoms with van der Waals surface area (Å²) in [6, 6.07) is 14.3. The number of rotatable bonds is 5. The topological polar surface area (TPSA) is 98.3 Å². The second-order valence-electron chi connectivity index (χ2n) is 6.11. The number of hydrogen-bond donors (Lipinski definition) is 1. The number of amides is 2. The van der Waals surface area contributed by atoms with Crippen molar-refractivity contribution in [3.8, 4) is 0 Å². The molecule has 0 radical (unpaired) electrons. The lowest BCUT2D eigenvalue weighted by molar-refractivity contribution is -0.114. The standard InChI is InChI=1S/C19H16N4O3/c20-18(25)16-12-6-1-4-9-15(12)23(21-16)11-5-10-22-14-8-3-2-7-13(14)17(24)19(22)26/h1-4,6-9H,5,10-11H2,(H2,20,25). The largest absolute Gasteiger partial charge is 0.364 e. The van der Waals surface area contributed by atoms with Crippen LogP contribution in [-0.4, -0.2) is 33.9 Å². The SMILES string of the molecule is NC(=O)c1nn(CCCN2C(=O)C(=O)c3ccccc32)c2ccccc12. The lowest BCUT2D eigenvalue weighted by Crippen LogP contribution is -2.31. The summed E-state index contributed by atoms with van der Waals surface area (Å²) < 4.78 is 1.71. The second kappa shape index (κ2) is 6.11. The molecule has 0 unspecified atom stereocenters. The quantitative estimate of drug-likeness (QED) is 0.710. The Balaban J connectivity index is 1.54. The predicted molar refractivity (Wildman–Crippen MR) is 96.0 cm³/mol. The fourth-order valence-electron chi connectivity index (χ4n) is 3.33. The number of nitrogens with zero attached hydrogens (tertiary/aromatic N) is 3. The van der Waals surface area contributed by atoms with Crippen LogP contribution in [0.25, 0.3) is 10.9 Å². The van der Waals surface area contributed by atoms with E-state index >= 15 is 0 Å². The summed E-state index contributed by atoms with van der Waals surface area (Å²) in [4.78, 5) is 37.3. The molecule has 0 spiro atoms. The molecule has 3 aromatic rings. The number of primary amides is 1. The van der Waals surface area contributed by atoms with Crippen LogP contribution in [0.4, 0.5) is 5.69 Å². The third kappa shape index (κ3) is 2.45. The maximum absolute atomic E-state index is 12.2. The fourth-order valence-corrected chi connectivity index (χ4v) is 3.33. The molecule has 1 aliphatic rings. The Labute approximate surface area is 149 Å². The van der Waals surface area contributed by atoms with Crippen molar-refractivity contribution in [1.82, 2.24) is 9.78 Å². The number of nitrogens with two attached hydrogens (primary N) is 1. The lowest BCUT2D eigenvalue weighted by atomic mass is 10.1. The maximum atomic E-state index is 12.2. The third-order valence-electron chi connectivity index (χ3n) is 4.52. The normalized spacial score (nSPS) is 13.5. The molecular weight excluding hydrogens is 332 g/mol. The Hall–Kier alpha value is -3.48. The minimum atomic E-state index is -0.575. The Morgan fingerprint density at radius 3 is 2.54 bits per heavy atom. The van der Waals surface area contributed by atoms with Gasteiger partial charge in [0.25, 0.3) is 17.6 Å². The number of anilines is 1. The Bertz CT molecular complexity index is 1050. The molecule has 26 heavy (non-hydrogen) atoms. The number of ketones is 1. The molecule has 0 fully saturated rings. The van der Waals surface area contributed by atoms with Gasteiger partial charge in [-0.2, -0.15) is 5.10 Å². The first-order chi connectivity index (χ1) is 12.6. The van der Waals surface area contributed by atoms with Gasteiger partial charge in [0.2, 0.25) is 0 Å². The molecule has 0 bridgehead atoms. The number of hydrogen-bond acceptors (Lipinski definition) is 4. The number of aryl methyl sites for hydroxylation is 1. The van der Waals surface area contributed by atoms with Gasteiger partial charge in [0.15, 0.2) is 5.69 Å². The fraction of sp³-hybridized carbons (Fsp3) is 0.158. The molecule has 4 rings (SSSR count). The van der Waals surface area contributed by atoms with Crippen LogP contribution in [0.2, 0.25) is 0 Å². The maximum Gasteiger partial charge on any atom is 0.299 e. The average molecular weight is 348 g/mol. The number of aromatic nitrogens is 2. The van der Waals surface area contributed by atoms with Crippen LogP contribution in [0.1, 0.15) is 27.3 Å². The number of Topliss-reactive ketones (excluding diaryl/α,β-unsaturated/α-hetero) is 1. The number of fused-ring (bicyclic) bond motifs is 2. The number of carbonyl (C=O) groups excluding carboxylic acids is 3. The monoisotopic (exact) mass is 348 g/mol. The van der Waals surface area contributed by atoms with Gasteiger partial charge in [0.1, 0.15) is 0 Å². The summed E-state index contributed by atoms with van der Waals surface area (Å²) in [7, 11) is 0. The van der Waals surface area contributed by atoms with Crippen molar-refractivity contribution < 1.29 is 14.4 Å². The summed E-state index contributed by atoms with van der Waals surface area (Å²) in [6.07, 6.45) is 0.581. The molecule has 7 nitrogen and oxygen atoms in total.